The summed E-state index contributed by atoms with van der Waals surface area (Å²) >= 11 is 0. The van der Waals surface area contributed by atoms with Gasteiger partial charge in [-0.2, -0.15) is 5.10 Å². The van der Waals surface area contributed by atoms with E-state index >= 15 is 0 Å². The molecule has 0 bridgehead atoms. The van der Waals surface area contributed by atoms with Crippen LogP contribution in [0.5, 0.6) is 11.5 Å². The largest absolute Gasteiger partial charge is 0.457 e. The lowest BCUT2D eigenvalue weighted by Gasteiger charge is -2.13. The molecule has 0 aliphatic rings. The lowest BCUT2D eigenvalue weighted by Crippen LogP contribution is -2.01. The van der Waals surface area contributed by atoms with Gasteiger partial charge in [0.1, 0.15) is 17.3 Å². The van der Waals surface area contributed by atoms with E-state index in [0.29, 0.717) is 5.92 Å². The molecule has 0 spiro atoms. The van der Waals surface area contributed by atoms with Gasteiger partial charge in [0.25, 0.3) is 0 Å². The highest BCUT2D eigenvalue weighted by atomic mass is 16.5. The third-order valence-corrected chi connectivity index (χ3v) is 8.88. The van der Waals surface area contributed by atoms with Gasteiger partial charge in [-0.25, -0.2) is 9.67 Å². The topological polar surface area (TPSA) is 44.9 Å². The summed E-state index contributed by atoms with van der Waals surface area (Å²) in [6.45, 7) is 13.0. The molecule has 0 fully saturated rings. The number of pyridine rings is 1. The molecule has 7 aromatic rings. The molecule has 5 heteroatoms. The van der Waals surface area contributed by atoms with Gasteiger partial charge >= 0.3 is 0 Å². The van der Waals surface area contributed by atoms with Crippen molar-refractivity contribution in [1.82, 2.24) is 19.3 Å². The predicted molar refractivity (Wildman–Crippen MR) is 190 cm³/mol. The van der Waals surface area contributed by atoms with Crippen molar-refractivity contribution in [2.75, 3.05) is 0 Å². The Morgan fingerprint density at radius 1 is 0.761 bits per heavy atom. The lowest BCUT2D eigenvalue weighted by molar-refractivity contribution is 0.482. The molecule has 5 nitrogen and oxygen atoms in total. The second-order valence-corrected chi connectivity index (χ2v) is 12.6. The van der Waals surface area contributed by atoms with Gasteiger partial charge in [0.05, 0.1) is 22.4 Å². The van der Waals surface area contributed by atoms with Gasteiger partial charge in [0.15, 0.2) is 0 Å². The van der Waals surface area contributed by atoms with Crippen LogP contribution in [0.1, 0.15) is 61.2 Å². The summed E-state index contributed by atoms with van der Waals surface area (Å²) in [6, 6.07) is 34.4. The first kappa shape index (κ1) is 29.5. The van der Waals surface area contributed by atoms with Crippen molar-refractivity contribution in [2.24, 2.45) is 0 Å². The molecule has 0 saturated heterocycles. The molecule has 0 atom stereocenters. The summed E-state index contributed by atoms with van der Waals surface area (Å²) in [5.74, 6) is 2.93. The molecule has 0 saturated carbocycles. The number of fused-ring (bicyclic) bond motifs is 3. The molecule has 0 unspecified atom stereocenters. The zero-order valence-electron chi connectivity index (χ0n) is 27.5. The maximum atomic E-state index is 6.69. The van der Waals surface area contributed by atoms with Crippen LogP contribution in [0.15, 0.2) is 103 Å². The Morgan fingerprint density at radius 3 is 2.35 bits per heavy atom. The van der Waals surface area contributed by atoms with Crippen molar-refractivity contribution in [1.29, 1.82) is 0 Å². The minimum absolute atomic E-state index is 0.443. The zero-order chi connectivity index (χ0) is 31.9. The molecule has 0 aliphatic carbocycles. The lowest BCUT2D eigenvalue weighted by atomic mass is 10.0. The van der Waals surface area contributed by atoms with Crippen molar-refractivity contribution in [2.45, 2.75) is 60.3 Å². The number of aryl methyl sites for hydroxylation is 3. The van der Waals surface area contributed by atoms with E-state index in [4.69, 9.17) is 14.8 Å². The van der Waals surface area contributed by atoms with Crippen molar-refractivity contribution < 1.29 is 4.74 Å². The van der Waals surface area contributed by atoms with Gasteiger partial charge in [-0.05, 0) is 104 Å². The first-order chi connectivity index (χ1) is 22.3. The van der Waals surface area contributed by atoms with E-state index in [1.165, 1.54) is 38.6 Å². The number of aromatic nitrogens is 4. The normalized spacial score (nSPS) is 11.6. The van der Waals surface area contributed by atoms with Crippen LogP contribution in [-0.2, 0) is 6.42 Å². The smallest absolute Gasteiger partial charge is 0.137 e. The molecule has 4 aromatic carbocycles. The monoisotopic (exact) mass is 604 g/mol. The first-order valence-electron chi connectivity index (χ1n) is 16.3. The maximum Gasteiger partial charge on any atom is 0.137 e. The van der Waals surface area contributed by atoms with Crippen LogP contribution in [0.3, 0.4) is 0 Å². The molecule has 3 heterocycles. The number of nitrogens with zero attached hydrogens (tertiary/aromatic N) is 4. The van der Waals surface area contributed by atoms with E-state index in [2.05, 4.69) is 136 Å². The van der Waals surface area contributed by atoms with E-state index in [-0.39, 0.29) is 0 Å². The zero-order valence-corrected chi connectivity index (χ0v) is 27.5. The minimum atomic E-state index is 0.443. The minimum Gasteiger partial charge on any atom is -0.457 e. The van der Waals surface area contributed by atoms with Crippen LogP contribution in [-0.4, -0.2) is 19.3 Å². The number of hydrogen-bond acceptors (Lipinski definition) is 3. The highest BCUT2D eigenvalue weighted by Crippen LogP contribution is 2.37. The molecule has 0 radical (unpaired) electrons. The molecule has 0 aliphatic heterocycles. The number of hydrogen-bond donors (Lipinski definition) is 0. The van der Waals surface area contributed by atoms with E-state index in [9.17, 15) is 0 Å². The van der Waals surface area contributed by atoms with E-state index in [1.54, 1.807) is 0 Å². The average molecular weight is 605 g/mol. The Hall–Kier alpha value is -5.16. The van der Waals surface area contributed by atoms with E-state index in [0.717, 1.165) is 58.3 Å². The van der Waals surface area contributed by atoms with Gasteiger partial charge < -0.3 is 4.74 Å². The second-order valence-electron chi connectivity index (χ2n) is 12.6. The van der Waals surface area contributed by atoms with Crippen LogP contribution in [0.2, 0.25) is 0 Å². The third-order valence-electron chi connectivity index (χ3n) is 8.88. The van der Waals surface area contributed by atoms with Gasteiger partial charge in [-0.1, -0.05) is 63.6 Å². The third kappa shape index (κ3) is 5.36. The maximum absolute atomic E-state index is 6.69. The number of ether oxygens (including phenoxy) is 1. The van der Waals surface area contributed by atoms with Crippen molar-refractivity contribution >= 4 is 21.8 Å². The Morgan fingerprint density at radius 2 is 1.59 bits per heavy atom. The highest BCUT2D eigenvalue weighted by Gasteiger charge is 2.18. The fraction of sp³-hybridized carbons (Fsp3) is 0.220. The van der Waals surface area contributed by atoms with Crippen LogP contribution in [0.25, 0.3) is 44.4 Å². The Kier molecular flexibility index (Phi) is 7.69. The van der Waals surface area contributed by atoms with Crippen molar-refractivity contribution in [3.8, 4) is 34.1 Å². The molecule has 3 aromatic heterocycles. The van der Waals surface area contributed by atoms with Gasteiger partial charge in [0, 0.05) is 40.4 Å². The Balaban J connectivity index is 1.34. The summed E-state index contributed by atoms with van der Waals surface area (Å²) in [4.78, 5) is 4.78. The summed E-state index contributed by atoms with van der Waals surface area (Å²) in [5.41, 5.74) is 11.4. The Bertz CT molecular complexity index is 2200. The van der Waals surface area contributed by atoms with E-state index in [1.807, 2.05) is 18.3 Å². The SMILES string of the molecule is CCCc1cc(Oc2ccc3c4cc(C(C)C)ccc4n(-c4cc(C)ccn4)c3c2)cc(-n2nc(C)c(-c3ccccc3)c2C)c1. The Labute approximate surface area is 271 Å². The molecule has 7 rings (SSSR count). The summed E-state index contributed by atoms with van der Waals surface area (Å²) in [5, 5.41) is 7.40. The average Bonchev–Trinajstić information content (AvgIpc) is 3.53. The highest BCUT2D eigenvalue weighted by molar-refractivity contribution is 6.09. The van der Waals surface area contributed by atoms with Crippen molar-refractivity contribution in [3.63, 3.8) is 0 Å². The fourth-order valence-electron chi connectivity index (χ4n) is 6.64. The first-order valence-corrected chi connectivity index (χ1v) is 16.3. The van der Waals surface area contributed by atoms with Gasteiger partial charge in [-0.3, -0.25) is 4.57 Å². The quantitative estimate of drug-likeness (QED) is 0.173. The van der Waals surface area contributed by atoms with Gasteiger partial charge in [0.2, 0.25) is 0 Å². The molecule has 0 amide bonds. The standard InChI is InChI=1S/C41H40N4O/c1-7-11-30-21-33(45-29(6)41(28(5)43-45)31-12-9-8-10-13-31)24-35(22-30)46-34-15-16-36-37-23-32(26(2)3)14-17-38(37)44(39(36)25-34)40-20-27(4)18-19-42-40/h8-10,12-26H,7,11H2,1-6H3. The molecule has 46 heavy (non-hydrogen) atoms. The second kappa shape index (κ2) is 12.0. The molecule has 0 N–H and O–H groups in total. The molecular formula is C41H40N4O. The number of rotatable bonds is 8. The summed E-state index contributed by atoms with van der Waals surface area (Å²) in [7, 11) is 0. The predicted octanol–water partition coefficient (Wildman–Crippen LogP) is 10.8. The van der Waals surface area contributed by atoms with Crippen LogP contribution in [0, 0.1) is 20.8 Å². The van der Waals surface area contributed by atoms with Gasteiger partial charge in [-0.15, -0.1) is 0 Å². The van der Waals surface area contributed by atoms with Crippen LogP contribution >= 0.6 is 0 Å². The number of benzene rings is 4. The van der Waals surface area contributed by atoms with Crippen molar-refractivity contribution in [3.05, 3.63) is 131 Å². The van der Waals surface area contributed by atoms with E-state index < -0.39 is 0 Å². The molecular weight excluding hydrogens is 564 g/mol. The fourth-order valence-corrected chi connectivity index (χ4v) is 6.64. The van der Waals surface area contributed by atoms with Crippen LogP contribution in [0.4, 0.5) is 0 Å². The van der Waals surface area contributed by atoms with Crippen LogP contribution < -0.4 is 4.74 Å². The summed E-state index contributed by atoms with van der Waals surface area (Å²) < 4.78 is 11.0. The molecule has 230 valence electrons. The summed E-state index contributed by atoms with van der Waals surface area (Å²) in [6.07, 6.45) is 3.89.